The Morgan fingerprint density at radius 2 is 1.50 bits per heavy atom. The van der Waals surface area contributed by atoms with E-state index in [9.17, 15) is 0 Å². The molecule has 1 saturated heterocycles. The molecule has 2 unspecified atom stereocenters. The zero-order valence-electron chi connectivity index (χ0n) is 18.0. The first-order valence-corrected chi connectivity index (χ1v) is 10.4. The monoisotopic (exact) mass is 376 g/mol. The van der Waals surface area contributed by atoms with Crippen molar-refractivity contribution in [3.63, 3.8) is 0 Å². The van der Waals surface area contributed by atoms with Crippen molar-refractivity contribution in [1.82, 2.24) is 10.2 Å². The fourth-order valence-corrected chi connectivity index (χ4v) is 3.79. The van der Waals surface area contributed by atoms with Gasteiger partial charge in [0.05, 0.1) is 6.04 Å². The van der Waals surface area contributed by atoms with Gasteiger partial charge in [0.2, 0.25) is 0 Å². The summed E-state index contributed by atoms with van der Waals surface area (Å²) in [6, 6.07) is 21.8. The van der Waals surface area contributed by atoms with Gasteiger partial charge in [0, 0.05) is 24.0 Å². The number of aryl methyl sites for hydroxylation is 1. The van der Waals surface area contributed by atoms with E-state index in [0.717, 1.165) is 30.8 Å². The highest BCUT2D eigenvalue weighted by atomic mass is 15.2. The second-order valence-corrected chi connectivity index (χ2v) is 7.82. The Kier molecular flexibility index (Phi) is 8.38. The Hall–Kier alpha value is -2.48. The van der Waals surface area contributed by atoms with Crippen molar-refractivity contribution in [3.05, 3.63) is 96.3 Å². The predicted octanol–water partition coefficient (Wildman–Crippen LogP) is 6.17. The third kappa shape index (κ3) is 6.02. The molecule has 2 nitrogen and oxygen atoms in total. The van der Waals surface area contributed by atoms with Gasteiger partial charge < -0.3 is 10.2 Å². The normalized spacial score (nSPS) is 20.9. The van der Waals surface area contributed by atoms with Gasteiger partial charge in [-0.3, -0.25) is 0 Å². The summed E-state index contributed by atoms with van der Waals surface area (Å²) in [6.45, 7) is 18.1. The largest absolute Gasteiger partial charge is 0.383 e. The Bertz CT molecular complexity index is 736. The van der Waals surface area contributed by atoms with Crippen LogP contribution in [-0.4, -0.2) is 17.0 Å². The van der Waals surface area contributed by atoms with Gasteiger partial charge in [-0.05, 0) is 43.7 Å². The van der Waals surface area contributed by atoms with Crippen LogP contribution in [-0.2, 0) is 13.0 Å². The fraction of sp³-hybridized carbons (Fsp3) is 0.385. The SMILES string of the molecule is C=C(NCc1ccccc1)C1CC(C)[C@H](C)N1C(=C)C.CCc1ccccc1. The number of likely N-dealkylation sites (tertiary alicyclic amines) is 1. The van der Waals surface area contributed by atoms with Crippen LogP contribution in [0.4, 0.5) is 0 Å². The molecule has 0 aliphatic carbocycles. The minimum atomic E-state index is 0.362. The smallest absolute Gasteiger partial charge is 0.0685 e. The maximum absolute atomic E-state index is 4.26. The van der Waals surface area contributed by atoms with Gasteiger partial charge in [0.25, 0.3) is 0 Å². The zero-order valence-corrected chi connectivity index (χ0v) is 18.0. The summed E-state index contributed by atoms with van der Waals surface area (Å²) in [4.78, 5) is 2.41. The van der Waals surface area contributed by atoms with Crippen LogP contribution in [0.3, 0.4) is 0 Å². The second kappa shape index (κ2) is 10.8. The van der Waals surface area contributed by atoms with E-state index in [2.05, 4.69) is 99.6 Å². The van der Waals surface area contributed by atoms with Crippen molar-refractivity contribution in [2.45, 2.75) is 59.2 Å². The number of benzene rings is 2. The third-order valence-electron chi connectivity index (χ3n) is 5.65. The van der Waals surface area contributed by atoms with Gasteiger partial charge in [-0.15, -0.1) is 0 Å². The Labute approximate surface area is 172 Å². The summed E-state index contributed by atoms with van der Waals surface area (Å²) in [7, 11) is 0. The first-order valence-electron chi connectivity index (χ1n) is 10.4. The van der Waals surface area contributed by atoms with E-state index in [1.165, 1.54) is 11.1 Å². The van der Waals surface area contributed by atoms with Crippen LogP contribution in [0.15, 0.2) is 85.2 Å². The van der Waals surface area contributed by atoms with Gasteiger partial charge in [-0.25, -0.2) is 0 Å². The summed E-state index contributed by atoms with van der Waals surface area (Å²) in [5, 5.41) is 3.49. The molecule has 2 heteroatoms. The van der Waals surface area contributed by atoms with Crippen LogP contribution in [0.1, 0.15) is 45.2 Å². The molecule has 1 fully saturated rings. The van der Waals surface area contributed by atoms with Gasteiger partial charge in [0.1, 0.15) is 0 Å². The molecule has 0 aromatic heterocycles. The maximum Gasteiger partial charge on any atom is 0.0685 e. The molecule has 150 valence electrons. The summed E-state index contributed by atoms with van der Waals surface area (Å²) < 4.78 is 0. The first kappa shape index (κ1) is 21.8. The van der Waals surface area contributed by atoms with Gasteiger partial charge >= 0.3 is 0 Å². The molecule has 3 rings (SSSR count). The number of hydrogen-bond donors (Lipinski definition) is 1. The topological polar surface area (TPSA) is 15.3 Å². The quantitative estimate of drug-likeness (QED) is 0.648. The predicted molar refractivity (Wildman–Crippen MR) is 122 cm³/mol. The van der Waals surface area contributed by atoms with Crippen molar-refractivity contribution < 1.29 is 0 Å². The highest BCUT2D eigenvalue weighted by molar-refractivity contribution is 5.19. The van der Waals surface area contributed by atoms with Gasteiger partial charge in [-0.1, -0.05) is 87.7 Å². The van der Waals surface area contributed by atoms with E-state index in [1.54, 1.807) is 0 Å². The fourth-order valence-electron chi connectivity index (χ4n) is 3.79. The molecule has 1 heterocycles. The number of allylic oxidation sites excluding steroid dienone is 1. The third-order valence-corrected chi connectivity index (χ3v) is 5.65. The van der Waals surface area contributed by atoms with E-state index in [4.69, 9.17) is 0 Å². The molecule has 0 spiro atoms. The Morgan fingerprint density at radius 3 is 1.96 bits per heavy atom. The molecule has 0 bridgehead atoms. The molecule has 2 aromatic rings. The van der Waals surface area contributed by atoms with Crippen molar-refractivity contribution in [2.75, 3.05) is 0 Å². The number of nitrogens with one attached hydrogen (secondary N) is 1. The number of nitrogens with zero attached hydrogens (tertiary/aromatic N) is 1. The lowest BCUT2D eigenvalue weighted by molar-refractivity contribution is 0.268. The summed E-state index contributed by atoms with van der Waals surface area (Å²) >= 11 is 0. The van der Waals surface area contributed by atoms with E-state index in [0.29, 0.717) is 18.0 Å². The molecule has 0 amide bonds. The lowest BCUT2D eigenvalue weighted by atomic mass is 10.0. The summed E-state index contributed by atoms with van der Waals surface area (Å²) in [5.41, 5.74) is 4.93. The first-order chi connectivity index (χ1) is 13.4. The van der Waals surface area contributed by atoms with Crippen LogP contribution < -0.4 is 5.32 Å². The minimum absolute atomic E-state index is 0.362. The maximum atomic E-state index is 4.26. The molecular weight excluding hydrogens is 340 g/mol. The Morgan fingerprint density at radius 1 is 0.964 bits per heavy atom. The van der Waals surface area contributed by atoms with Crippen molar-refractivity contribution in [1.29, 1.82) is 0 Å². The molecular formula is C26H36N2. The lowest BCUT2D eigenvalue weighted by Gasteiger charge is -2.32. The van der Waals surface area contributed by atoms with Crippen LogP contribution in [0.25, 0.3) is 0 Å². The standard InChI is InChI=1S/C18H26N2.C8H10/c1-13(2)20-16(5)14(3)11-18(20)15(4)19-12-17-9-7-6-8-10-17;1-2-8-6-4-3-5-7-8/h6-10,14,16,18-19H,1,4,11-12H2,2-3,5H3;3-7H,2H2,1H3/t14?,16-,18?;/m0./s1. The van der Waals surface area contributed by atoms with E-state index >= 15 is 0 Å². The average molecular weight is 377 g/mol. The van der Waals surface area contributed by atoms with Crippen molar-refractivity contribution in [2.24, 2.45) is 5.92 Å². The molecule has 1 aliphatic rings. The average Bonchev–Trinajstić information content (AvgIpc) is 3.03. The van der Waals surface area contributed by atoms with Gasteiger partial charge in [0.15, 0.2) is 0 Å². The van der Waals surface area contributed by atoms with Crippen LogP contribution in [0.2, 0.25) is 0 Å². The molecule has 2 aromatic carbocycles. The molecule has 3 atom stereocenters. The van der Waals surface area contributed by atoms with E-state index in [1.807, 2.05) is 12.1 Å². The second-order valence-electron chi connectivity index (χ2n) is 7.82. The molecule has 0 radical (unpaired) electrons. The van der Waals surface area contributed by atoms with E-state index in [-0.39, 0.29) is 0 Å². The number of hydrogen-bond acceptors (Lipinski definition) is 2. The molecule has 1 N–H and O–H groups in total. The van der Waals surface area contributed by atoms with Crippen LogP contribution in [0.5, 0.6) is 0 Å². The Balaban J connectivity index is 0.000000292. The minimum Gasteiger partial charge on any atom is -0.383 e. The zero-order chi connectivity index (χ0) is 20.5. The highest BCUT2D eigenvalue weighted by Gasteiger charge is 2.36. The van der Waals surface area contributed by atoms with Crippen LogP contribution in [0, 0.1) is 5.92 Å². The van der Waals surface area contributed by atoms with Crippen molar-refractivity contribution >= 4 is 0 Å². The van der Waals surface area contributed by atoms with Crippen LogP contribution >= 0.6 is 0 Å². The molecule has 0 saturated carbocycles. The van der Waals surface area contributed by atoms with Crippen molar-refractivity contribution in [3.8, 4) is 0 Å². The number of rotatable bonds is 6. The molecule has 28 heavy (non-hydrogen) atoms. The van der Waals surface area contributed by atoms with E-state index < -0.39 is 0 Å². The lowest BCUT2D eigenvalue weighted by Crippen LogP contribution is -2.37. The summed E-state index contributed by atoms with van der Waals surface area (Å²) in [5.74, 6) is 0.673. The summed E-state index contributed by atoms with van der Waals surface area (Å²) in [6.07, 6.45) is 2.29. The van der Waals surface area contributed by atoms with Gasteiger partial charge in [-0.2, -0.15) is 0 Å². The highest BCUT2D eigenvalue weighted by Crippen LogP contribution is 2.34. The molecule has 1 aliphatic heterocycles.